The summed E-state index contributed by atoms with van der Waals surface area (Å²) in [5.74, 6) is -0.277. The molecule has 0 aliphatic carbocycles. The van der Waals surface area contributed by atoms with Gasteiger partial charge in [-0.3, -0.25) is 10.1 Å². The van der Waals surface area contributed by atoms with Gasteiger partial charge >= 0.3 is 11.7 Å². The number of carbonyl (C=O) groups excluding carboxylic acids is 1. The molecule has 0 radical (unpaired) electrons. The summed E-state index contributed by atoms with van der Waals surface area (Å²) in [6, 6.07) is 7.65. The van der Waals surface area contributed by atoms with E-state index in [1.165, 1.54) is 12.7 Å². The highest BCUT2D eigenvalue weighted by Crippen LogP contribution is 2.21. The molecule has 8 nitrogen and oxygen atoms in total. The molecule has 1 N–H and O–H groups in total. The molecule has 0 bridgehead atoms. The number of rotatable bonds is 4. The standard InChI is InChI=1S/C17H20N4O4/c1-11-16(21(23)24)12(2)20(18-11)10-19-9-14-7-5-4-6-13(14)8-15(19)17(22)25-3/h4-7,15H,8-10H2,1-3H3/p+1/t15-/m1/s1. The molecule has 132 valence electrons. The number of hydrogen-bond acceptors (Lipinski definition) is 5. The minimum Gasteiger partial charge on any atom is -0.465 e. The van der Waals surface area contributed by atoms with Crippen LogP contribution in [0, 0.1) is 24.0 Å². The molecule has 1 aliphatic heterocycles. The van der Waals surface area contributed by atoms with Crippen LogP contribution in [0.25, 0.3) is 0 Å². The van der Waals surface area contributed by atoms with Gasteiger partial charge in [-0.25, -0.2) is 9.48 Å². The second-order valence-electron chi connectivity index (χ2n) is 6.32. The highest BCUT2D eigenvalue weighted by atomic mass is 16.6. The zero-order valence-corrected chi connectivity index (χ0v) is 14.5. The molecule has 2 atom stereocenters. The van der Waals surface area contributed by atoms with E-state index in [1.54, 1.807) is 18.5 Å². The van der Waals surface area contributed by atoms with Crippen molar-refractivity contribution in [2.75, 3.05) is 7.11 Å². The third-order valence-corrected chi connectivity index (χ3v) is 4.82. The smallest absolute Gasteiger partial charge is 0.365 e. The van der Waals surface area contributed by atoms with Crippen molar-refractivity contribution < 1.29 is 19.4 Å². The molecule has 0 saturated carbocycles. The maximum atomic E-state index is 12.3. The molecule has 1 unspecified atom stereocenters. The van der Waals surface area contributed by atoms with E-state index in [-0.39, 0.29) is 17.7 Å². The Morgan fingerprint density at radius 2 is 2.08 bits per heavy atom. The molecular formula is C17H21N4O4+. The van der Waals surface area contributed by atoms with Crippen LogP contribution < -0.4 is 4.90 Å². The van der Waals surface area contributed by atoms with Crippen LogP contribution in [-0.2, 0) is 29.2 Å². The van der Waals surface area contributed by atoms with Crippen molar-refractivity contribution in [1.82, 2.24) is 9.78 Å². The number of nitrogens with zero attached hydrogens (tertiary/aromatic N) is 3. The van der Waals surface area contributed by atoms with Gasteiger partial charge in [0.05, 0.1) is 12.0 Å². The Bertz CT molecular complexity index is 830. The Morgan fingerprint density at radius 3 is 2.68 bits per heavy atom. The Hall–Kier alpha value is -2.74. The van der Waals surface area contributed by atoms with Crippen LogP contribution in [0.1, 0.15) is 22.5 Å². The Labute approximate surface area is 145 Å². The number of fused-ring (bicyclic) bond motifs is 1. The number of ether oxygens (including phenoxy) is 1. The fraction of sp³-hybridized carbons (Fsp3) is 0.412. The molecular weight excluding hydrogens is 324 g/mol. The first kappa shape index (κ1) is 17.1. The van der Waals surface area contributed by atoms with Crippen LogP contribution in [0.4, 0.5) is 5.69 Å². The van der Waals surface area contributed by atoms with Gasteiger partial charge in [-0.2, -0.15) is 5.10 Å². The maximum Gasteiger partial charge on any atom is 0.365 e. The van der Waals surface area contributed by atoms with Crippen LogP contribution >= 0.6 is 0 Å². The predicted octanol–water partition coefficient (Wildman–Crippen LogP) is 0.548. The molecule has 0 fully saturated rings. The van der Waals surface area contributed by atoms with Crippen molar-refractivity contribution >= 4 is 11.7 Å². The summed E-state index contributed by atoms with van der Waals surface area (Å²) in [5, 5.41) is 15.5. The molecule has 8 heteroatoms. The van der Waals surface area contributed by atoms with Gasteiger partial charge in [0.1, 0.15) is 17.9 Å². The molecule has 0 spiro atoms. The molecule has 0 saturated heterocycles. The van der Waals surface area contributed by atoms with Crippen molar-refractivity contribution in [1.29, 1.82) is 0 Å². The van der Waals surface area contributed by atoms with Gasteiger partial charge in [-0.15, -0.1) is 0 Å². The second kappa shape index (κ2) is 6.64. The van der Waals surface area contributed by atoms with E-state index in [9.17, 15) is 14.9 Å². The van der Waals surface area contributed by atoms with E-state index < -0.39 is 4.92 Å². The van der Waals surface area contributed by atoms with Crippen molar-refractivity contribution in [2.24, 2.45) is 0 Å². The topological polar surface area (TPSA) is 91.7 Å². The summed E-state index contributed by atoms with van der Waals surface area (Å²) >= 11 is 0. The van der Waals surface area contributed by atoms with Crippen molar-refractivity contribution in [3.05, 3.63) is 56.9 Å². The lowest BCUT2D eigenvalue weighted by atomic mass is 9.94. The number of methoxy groups -OCH3 is 1. The lowest BCUT2D eigenvalue weighted by molar-refractivity contribution is -0.955. The first-order valence-electron chi connectivity index (χ1n) is 8.10. The maximum absolute atomic E-state index is 12.3. The van der Waals surface area contributed by atoms with E-state index >= 15 is 0 Å². The quantitative estimate of drug-likeness (QED) is 0.496. The third-order valence-electron chi connectivity index (χ3n) is 4.82. The number of esters is 1. The molecule has 2 aromatic rings. The first-order valence-corrected chi connectivity index (χ1v) is 8.10. The molecule has 3 rings (SSSR count). The van der Waals surface area contributed by atoms with E-state index in [4.69, 9.17) is 4.74 Å². The average Bonchev–Trinajstić information content (AvgIpc) is 2.87. The molecule has 0 amide bonds. The summed E-state index contributed by atoms with van der Waals surface area (Å²) in [7, 11) is 1.38. The first-order chi connectivity index (χ1) is 11.9. The summed E-state index contributed by atoms with van der Waals surface area (Å²) < 4.78 is 6.59. The van der Waals surface area contributed by atoms with Crippen molar-refractivity contribution in [3.8, 4) is 0 Å². The lowest BCUT2D eigenvalue weighted by Gasteiger charge is -2.32. The van der Waals surface area contributed by atoms with Crippen molar-refractivity contribution in [2.45, 2.75) is 39.5 Å². The molecule has 25 heavy (non-hydrogen) atoms. The number of quaternary nitrogens is 1. The van der Waals surface area contributed by atoms with Crippen LogP contribution in [0.3, 0.4) is 0 Å². The summed E-state index contributed by atoms with van der Waals surface area (Å²) in [4.78, 5) is 24.0. The van der Waals surface area contributed by atoms with Gasteiger partial charge in [0, 0.05) is 12.0 Å². The van der Waals surface area contributed by atoms with Crippen LogP contribution in [0.15, 0.2) is 24.3 Å². The summed E-state index contributed by atoms with van der Waals surface area (Å²) in [5.41, 5.74) is 3.23. The monoisotopic (exact) mass is 345 g/mol. The second-order valence-corrected chi connectivity index (χ2v) is 6.32. The van der Waals surface area contributed by atoms with Gasteiger partial charge in [0.2, 0.25) is 0 Å². The van der Waals surface area contributed by atoms with Gasteiger partial charge in [-0.1, -0.05) is 24.3 Å². The number of aromatic nitrogens is 2. The minimum absolute atomic E-state index is 0.0337. The minimum atomic E-state index is -0.410. The number of carbonyl (C=O) groups is 1. The third kappa shape index (κ3) is 3.12. The molecule has 2 heterocycles. The van der Waals surface area contributed by atoms with E-state index in [0.717, 1.165) is 10.5 Å². The van der Waals surface area contributed by atoms with Crippen LogP contribution in [0.5, 0.6) is 0 Å². The van der Waals surface area contributed by atoms with Gasteiger partial charge in [-0.05, 0) is 19.4 Å². The van der Waals surface area contributed by atoms with Gasteiger partial charge in [0.25, 0.3) is 0 Å². The molecule has 1 aromatic heterocycles. The molecule has 1 aromatic carbocycles. The summed E-state index contributed by atoms with van der Waals surface area (Å²) in [6.45, 7) is 4.32. The van der Waals surface area contributed by atoms with E-state index in [1.807, 2.05) is 24.3 Å². The highest BCUT2D eigenvalue weighted by molar-refractivity contribution is 5.74. The predicted molar refractivity (Wildman–Crippen MR) is 89.0 cm³/mol. The van der Waals surface area contributed by atoms with E-state index in [0.29, 0.717) is 31.0 Å². The van der Waals surface area contributed by atoms with Crippen LogP contribution in [-0.4, -0.2) is 33.8 Å². The SMILES string of the molecule is COC(=O)[C@H]1Cc2ccccc2C[NH+]1Cn1nc(C)c([N+](=O)[O-])c1C. The number of benzene rings is 1. The number of nitrogens with one attached hydrogen (secondary N) is 1. The van der Waals surface area contributed by atoms with Crippen molar-refractivity contribution in [3.63, 3.8) is 0 Å². The summed E-state index contributed by atoms with van der Waals surface area (Å²) in [6.07, 6.45) is 0.583. The van der Waals surface area contributed by atoms with Gasteiger partial charge < -0.3 is 9.64 Å². The lowest BCUT2D eigenvalue weighted by Crippen LogP contribution is -3.16. The fourth-order valence-electron chi connectivity index (χ4n) is 3.52. The van der Waals surface area contributed by atoms with Crippen LogP contribution in [0.2, 0.25) is 0 Å². The Kier molecular flexibility index (Phi) is 4.54. The average molecular weight is 345 g/mol. The Morgan fingerprint density at radius 1 is 1.40 bits per heavy atom. The number of nitro groups is 1. The normalized spacial score (nSPS) is 19.3. The molecule has 1 aliphatic rings. The number of hydrogen-bond donors (Lipinski definition) is 1. The zero-order chi connectivity index (χ0) is 18.1. The highest BCUT2D eigenvalue weighted by Gasteiger charge is 2.37. The largest absolute Gasteiger partial charge is 0.465 e. The fourth-order valence-corrected chi connectivity index (χ4v) is 3.52. The van der Waals surface area contributed by atoms with E-state index in [2.05, 4.69) is 5.10 Å². The Balaban J connectivity index is 1.93. The zero-order valence-electron chi connectivity index (χ0n) is 14.5. The van der Waals surface area contributed by atoms with Gasteiger partial charge in [0.15, 0.2) is 12.7 Å². The number of aryl methyl sites for hydroxylation is 1.